The van der Waals surface area contributed by atoms with Gasteiger partial charge in [0.1, 0.15) is 12.4 Å². The molecule has 0 unspecified atom stereocenters. The van der Waals surface area contributed by atoms with Gasteiger partial charge in [-0.1, -0.05) is 29.0 Å². The zero-order chi connectivity index (χ0) is 19.4. The van der Waals surface area contributed by atoms with Crippen molar-refractivity contribution in [2.45, 2.75) is 13.5 Å². The lowest BCUT2D eigenvalue weighted by Crippen LogP contribution is -2.14. The fourth-order valence-corrected chi connectivity index (χ4v) is 3.04. The minimum absolute atomic E-state index is 0.114. The number of carbonyl (C=O) groups excluding carboxylic acids is 1. The summed E-state index contributed by atoms with van der Waals surface area (Å²) in [5, 5.41) is 22.9. The molecule has 8 nitrogen and oxygen atoms in total. The molecule has 0 aliphatic rings. The van der Waals surface area contributed by atoms with E-state index >= 15 is 0 Å². The number of nitro benzene ring substituents is 1. The lowest BCUT2D eigenvalue weighted by molar-refractivity contribution is -0.385. The van der Waals surface area contributed by atoms with E-state index < -0.39 is 10.8 Å². The van der Waals surface area contributed by atoms with Crippen LogP contribution in [0.25, 0.3) is 0 Å². The second kappa shape index (κ2) is 8.11. The predicted octanol–water partition coefficient (Wildman–Crippen LogP) is 4.24. The Balaban J connectivity index is 1.65. The Morgan fingerprint density at radius 3 is 2.70 bits per heavy atom. The predicted molar refractivity (Wildman–Crippen MR) is 101 cm³/mol. The van der Waals surface area contributed by atoms with Gasteiger partial charge in [0.15, 0.2) is 5.01 Å². The highest BCUT2D eigenvalue weighted by atomic mass is 35.5. The van der Waals surface area contributed by atoms with E-state index in [0.717, 1.165) is 11.3 Å². The molecule has 27 heavy (non-hydrogen) atoms. The number of aromatic nitrogens is 2. The molecule has 138 valence electrons. The molecular weight excluding hydrogens is 392 g/mol. The van der Waals surface area contributed by atoms with E-state index in [1.54, 1.807) is 24.3 Å². The SMILES string of the molecule is Cc1c(C(=O)Nc2nnc(COc3ccc(Cl)cc3)s2)cccc1[N+](=O)[O-]. The minimum Gasteiger partial charge on any atom is -0.486 e. The third-order valence-electron chi connectivity index (χ3n) is 3.61. The van der Waals surface area contributed by atoms with Gasteiger partial charge in [-0.05, 0) is 37.3 Å². The Morgan fingerprint density at radius 1 is 1.26 bits per heavy atom. The van der Waals surface area contributed by atoms with Gasteiger partial charge in [-0.15, -0.1) is 10.2 Å². The van der Waals surface area contributed by atoms with Crippen LogP contribution in [0.5, 0.6) is 5.75 Å². The van der Waals surface area contributed by atoms with Crippen LogP contribution in [-0.4, -0.2) is 21.0 Å². The summed E-state index contributed by atoms with van der Waals surface area (Å²) in [7, 11) is 0. The number of nitrogens with one attached hydrogen (secondary N) is 1. The number of carbonyl (C=O) groups is 1. The molecule has 0 bridgehead atoms. The Bertz CT molecular complexity index is 991. The molecule has 1 amide bonds. The quantitative estimate of drug-likeness (QED) is 0.486. The first kappa shape index (κ1) is 18.7. The standard InChI is InChI=1S/C17H13ClN4O4S/c1-10-13(3-2-4-14(10)22(24)25)16(23)19-17-21-20-15(27-17)9-26-12-7-5-11(18)6-8-12/h2-8H,9H2,1H3,(H,19,21,23). The number of ether oxygens (including phenoxy) is 1. The summed E-state index contributed by atoms with van der Waals surface area (Å²) in [6, 6.07) is 11.2. The van der Waals surface area contributed by atoms with Crippen LogP contribution in [0.1, 0.15) is 20.9 Å². The van der Waals surface area contributed by atoms with E-state index in [1.807, 2.05) is 0 Å². The molecule has 10 heteroatoms. The van der Waals surface area contributed by atoms with Crippen LogP contribution in [-0.2, 0) is 6.61 Å². The lowest BCUT2D eigenvalue weighted by atomic mass is 10.1. The number of amides is 1. The molecule has 1 N–H and O–H groups in total. The Labute approximate surface area is 162 Å². The first-order chi connectivity index (χ1) is 12.9. The molecule has 3 aromatic rings. The lowest BCUT2D eigenvalue weighted by Gasteiger charge is -2.05. The first-order valence-electron chi connectivity index (χ1n) is 7.70. The smallest absolute Gasteiger partial charge is 0.273 e. The topological polar surface area (TPSA) is 107 Å². The molecule has 0 atom stereocenters. The maximum absolute atomic E-state index is 12.4. The number of nitro groups is 1. The maximum Gasteiger partial charge on any atom is 0.273 e. The molecule has 0 aliphatic heterocycles. The van der Waals surface area contributed by atoms with Gasteiger partial charge in [0.05, 0.1) is 4.92 Å². The third kappa shape index (κ3) is 4.57. The highest BCUT2D eigenvalue weighted by Gasteiger charge is 2.19. The van der Waals surface area contributed by atoms with Crippen molar-refractivity contribution in [3.63, 3.8) is 0 Å². The van der Waals surface area contributed by atoms with Crippen molar-refractivity contribution in [2.75, 3.05) is 5.32 Å². The van der Waals surface area contributed by atoms with Gasteiger partial charge in [-0.25, -0.2) is 0 Å². The Morgan fingerprint density at radius 2 is 2.00 bits per heavy atom. The fraction of sp³-hybridized carbons (Fsp3) is 0.118. The number of benzene rings is 2. The van der Waals surface area contributed by atoms with Crippen molar-refractivity contribution < 1.29 is 14.5 Å². The van der Waals surface area contributed by atoms with Gasteiger partial charge in [0.25, 0.3) is 11.6 Å². The molecule has 1 heterocycles. The highest BCUT2D eigenvalue weighted by Crippen LogP contribution is 2.24. The van der Waals surface area contributed by atoms with Crippen molar-refractivity contribution in [3.8, 4) is 5.75 Å². The van der Waals surface area contributed by atoms with Crippen molar-refractivity contribution in [1.82, 2.24) is 10.2 Å². The summed E-state index contributed by atoms with van der Waals surface area (Å²) in [5.74, 6) is 0.143. The van der Waals surface area contributed by atoms with Crippen LogP contribution in [0.15, 0.2) is 42.5 Å². The van der Waals surface area contributed by atoms with Gasteiger partial charge in [-0.2, -0.15) is 0 Å². The molecule has 0 fully saturated rings. The van der Waals surface area contributed by atoms with Crippen LogP contribution < -0.4 is 10.1 Å². The zero-order valence-corrected chi connectivity index (χ0v) is 15.6. The van der Waals surface area contributed by atoms with Crippen LogP contribution in [0, 0.1) is 17.0 Å². The summed E-state index contributed by atoms with van der Waals surface area (Å²) in [6.07, 6.45) is 0. The summed E-state index contributed by atoms with van der Waals surface area (Å²) in [6.45, 7) is 1.71. The molecule has 1 aromatic heterocycles. The monoisotopic (exact) mass is 404 g/mol. The number of hydrogen-bond acceptors (Lipinski definition) is 7. The molecule has 0 aliphatic carbocycles. The fourth-order valence-electron chi connectivity index (χ4n) is 2.27. The summed E-state index contributed by atoms with van der Waals surface area (Å²) in [4.78, 5) is 22.9. The van der Waals surface area contributed by atoms with E-state index in [0.29, 0.717) is 15.8 Å². The van der Waals surface area contributed by atoms with Gasteiger partial charge < -0.3 is 4.74 Å². The Hall–Kier alpha value is -3.04. The second-order valence-electron chi connectivity index (χ2n) is 5.40. The minimum atomic E-state index is -0.525. The van der Waals surface area contributed by atoms with Crippen LogP contribution in [0.4, 0.5) is 10.8 Å². The van der Waals surface area contributed by atoms with Crippen molar-refractivity contribution in [1.29, 1.82) is 0 Å². The van der Waals surface area contributed by atoms with E-state index in [1.165, 1.54) is 25.1 Å². The summed E-state index contributed by atoms with van der Waals surface area (Å²) < 4.78 is 5.57. The van der Waals surface area contributed by atoms with Crippen molar-refractivity contribution in [2.24, 2.45) is 0 Å². The molecule has 0 radical (unpaired) electrons. The van der Waals surface area contributed by atoms with Gasteiger partial charge in [-0.3, -0.25) is 20.2 Å². The molecule has 0 spiro atoms. The number of nitrogens with zero attached hydrogens (tertiary/aromatic N) is 3. The molecule has 3 rings (SSSR count). The number of anilines is 1. The van der Waals surface area contributed by atoms with E-state index in [9.17, 15) is 14.9 Å². The maximum atomic E-state index is 12.4. The Kier molecular flexibility index (Phi) is 5.63. The molecule has 0 saturated heterocycles. The molecule has 2 aromatic carbocycles. The normalized spacial score (nSPS) is 10.4. The summed E-state index contributed by atoms with van der Waals surface area (Å²) >= 11 is 6.97. The average Bonchev–Trinajstić information content (AvgIpc) is 3.08. The first-order valence-corrected chi connectivity index (χ1v) is 8.89. The van der Waals surface area contributed by atoms with Crippen LogP contribution in [0.3, 0.4) is 0 Å². The largest absolute Gasteiger partial charge is 0.486 e. The molecule has 0 saturated carbocycles. The third-order valence-corrected chi connectivity index (χ3v) is 4.67. The zero-order valence-electron chi connectivity index (χ0n) is 14.0. The highest BCUT2D eigenvalue weighted by molar-refractivity contribution is 7.15. The van der Waals surface area contributed by atoms with Gasteiger partial charge >= 0.3 is 0 Å². The van der Waals surface area contributed by atoms with Crippen molar-refractivity contribution >= 4 is 39.7 Å². The van der Waals surface area contributed by atoms with Gasteiger partial charge in [0.2, 0.25) is 5.13 Å². The van der Waals surface area contributed by atoms with E-state index in [-0.39, 0.29) is 28.6 Å². The van der Waals surface area contributed by atoms with E-state index in [2.05, 4.69) is 15.5 Å². The van der Waals surface area contributed by atoms with E-state index in [4.69, 9.17) is 16.3 Å². The second-order valence-corrected chi connectivity index (χ2v) is 6.90. The number of rotatable bonds is 6. The van der Waals surface area contributed by atoms with Crippen LogP contribution >= 0.6 is 22.9 Å². The summed E-state index contributed by atoms with van der Waals surface area (Å²) in [5.41, 5.74) is 0.381. The van der Waals surface area contributed by atoms with Crippen LogP contribution in [0.2, 0.25) is 5.02 Å². The van der Waals surface area contributed by atoms with Gasteiger partial charge in [0, 0.05) is 22.2 Å². The average molecular weight is 405 g/mol. The molecular formula is C17H13ClN4O4S. The van der Waals surface area contributed by atoms with Crippen molar-refractivity contribution in [3.05, 3.63) is 73.7 Å². The number of halogens is 1. The number of hydrogen-bond donors (Lipinski definition) is 1.